The first-order valence-corrected chi connectivity index (χ1v) is 12.7. The second-order valence-corrected chi connectivity index (χ2v) is 10.0. The highest BCUT2D eigenvalue weighted by Gasteiger charge is 2.22. The van der Waals surface area contributed by atoms with E-state index in [0.717, 1.165) is 47.0 Å². The zero-order valence-corrected chi connectivity index (χ0v) is 19.6. The minimum atomic E-state index is -3.38. The SMILES string of the molecule is CCc1cc(-c2noc(-c3cc(OC)nc(C4CCCC4)c3)n2)cc(C)c1NS(C)(=O)=O. The lowest BCUT2D eigenvalue weighted by Gasteiger charge is -2.14. The first-order valence-electron chi connectivity index (χ1n) is 10.8. The molecule has 0 radical (unpaired) electrons. The summed E-state index contributed by atoms with van der Waals surface area (Å²) in [6.45, 7) is 3.83. The Kier molecular flexibility index (Phi) is 6.19. The molecular weight excluding hydrogens is 428 g/mol. The molecule has 1 aliphatic carbocycles. The van der Waals surface area contributed by atoms with E-state index in [-0.39, 0.29) is 0 Å². The van der Waals surface area contributed by atoms with Crippen molar-refractivity contribution in [1.82, 2.24) is 15.1 Å². The van der Waals surface area contributed by atoms with Crippen LogP contribution in [0.5, 0.6) is 5.88 Å². The zero-order valence-electron chi connectivity index (χ0n) is 18.8. The number of methoxy groups -OCH3 is 1. The van der Waals surface area contributed by atoms with Crippen LogP contribution in [0, 0.1) is 6.92 Å². The summed E-state index contributed by atoms with van der Waals surface area (Å²) in [5.74, 6) is 1.80. The summed E-state index contributed by atoms with van der Waals surface area (Å²) in [6, 6.07) is 7.57. The Morgan fingerprint density at radius 1 is 1.12 bits per heavy atom. The highest BCUT2D eigenvalue weighted by molar-refractivity contribution is 7.92. The van der Waals surface area contributed by atoms with Gasteiger partial charge in [0.05, 0.1) is 19.1 Å². The Morgan fingerprint density at radius 3 is 2.53 bits per heavy atom. The Balaban J connectivity index is 1.70. The average molecular weight is 457 g/mol. The number of anilines is 1. The lowest BCUT2D eigenvalue weighted by atomic mass is 10.0. The number of aryl methyl sites for hydroxylation is 2. The van der Waals surface area contributed by atoms with Gasteiger partial charge >= 0.3 is 0 Å². The van der Waals surface area contributed by atoms with Gasteiger partial charge in [-0.1, -0.05) is 24.9 Å². The maximum absolute atomic E-state index is 11.7. The normalized spacial score (nSPS) is 14.6. The molecule has 0 unspecified atom stereocenters. The van der Waals surface area contributed by atoms with E-state index in [1.165, 1.54) is 12.8 Å². The molecule has 4 rings (SSSR count). The van der Waals surface area contributed by atoms with E-state index in [2.05, 4.69) is 19.8 Å². The number of hydrogen-bond acceptors (Lipinski definition) is 7. The number of aromatic nitrogens is 3. The summed E-state index contributed by atoms with van der Waals surface area (Å²) in [5, 5.41) is 4.18. The number of ether oxygens (including phenoxy) is 1. The van der Waals surface area contributed by atoms with Gasteiger partial charge in [0.15, 0.2) is 0 Å². The second-order valence-electron chi connectivity index (χ2n) is 8.28. The van der Waals surface area contributed by atoms with Crippen molar-refractivity contribution in [3.05, 3.63) is 41.1 Å². The van der Waals surface area contributed by atoms with Crippen LogP contribution < -0.4 is 9.46 Å². The van der Waals surface area contributed by atoms with E-state index in [0.29, 0.717) is 35.6 Å². The van der Waals surface area contributed by atoms with Crippen LogP contribution in [0.2, 0.25) is 0 Å². The van der Waals surface area contributed by atoms with E-state index < -0.39 is 10.0 Å². The van der Waals surface area contributed by atoms with Crippen molar-refractivity contribution in [3.63, 3.8) is 0 Å². The van der Waals surface area contributed by atoms with Crippen molar-refractivity contribution >= 4 is 15.7 Å². The maximum Gasteiger partial charge on any atom is 0.258 e. The van der Waals surface area contributed by atoms with Gasteiger partial charge in [-0.25, -0.2) is 13.4 Å². The van der Waals surface area contributed by atoms with Crippen molar-refractivity contribution in [2.75, 3.05) is 18.1 Å². The van der Waals surface area contributed by atoms with Crippen LogP contribution >= 0.6 is 0 Å². The number of nitrogens with one attached hydrogen (secondary N) is 1. The molecule has 2 heterocycles. The van der Waals surface area contributed by atoms with Gasteiger partial charge in [-0.15, -0.1) is 0 Å². The Hall–Kier alpha value is -2.94. The van der Waals surface area contributed by atoms with Gasteiger partial charge in [0.1, 0.15) is 0 Å². The Bertz CT molecular complexity index is 1230. The highest BCUT2D eigenvalue weighted by Crippen LogP contribution is 2.36. The van der Waals surface area contributed by atoms with Crippen molar-refractivity contribution < 1.29 is 17.7 Å². The molecule has 1 aliphatic rings. The van der Waals surface area contributed by atoms with E-state index in [9.17, 15) is 8.42 Å². The molecule has 32 heavy (non-hydrogen) atoms. The molecule has 1 fully saturated rings. The Labute approximate surface area is 188 Å². The van der Waals surface area contributed by atoms with Crippen LogP contribution in [0.1, 0.15) is 55.3 Å². The molecule has 0 amide bonds. The fourth-order valence-electron chi connectivity index (χ4n) is 4.24. The lowest BCUT2D eigenvalue weighted by Crippen LogP contribution is -2.12. The molecule has 1 saturated carbocycles. The number of benzene rings is 1. The topological polar surface area (TPSA) is 107 Å². The number of rotatable bonds is 7. The lowest BCUT2D eigenvalue weighted by molar-refractivity contribution is 0.394. The van der Waals surface area contributed by atoms with Gasteiger partial charge in [0, 0.05) is 28.8 Å². The molecule has 9 heteroatoms. The first-order chi connectivity index (χ1) is 15.3. The van der Waals surface area contributed by atoms with Gasteiger partial charge < -0.3 is 9.26 Å². The van der Waals surface area contributed by atoms with Gasteiger partial charge in [-0.3, -0.25) is 4.72 Å². The largest absolute Gasteiger partial charge is 0.481 e. The van der Waals surface area contributed by atoms with Gasteiger partial charge in [0.2, 0.25) is 21.7 Å². The van der Waals surface area contributed by atoms with Gasteiger partial charge in [-0.2, -0.15) is 4.98 Å². The molecule has 0 bridgehead atoms. The number of pyridine rings is 1. The quantitative estimate of drug-likeness (QED) is 0.549. The minimum absolute atomic E-state index is 0.397. The standard InChI is InChI=1S/C23H28N4O4S/c1-5-15-11-17(10-14(2)21(15)27-32(4,28)29)22-25-23(31-26-22)18-12-19(16-8-6-7-9-16)24-20(13-18)30-3/h10-13,16,27H,5-9H2,1-4H3. The molecule has 3 aromatic rings. The van der Waals surface area contributed by atoms with Crippen LogP contribution in [0.4, 0.5) is 5.69 Å². The number of hydrogen-bond donors (Lipinski definition) is 1. The number of nitrogens with zero attached hydrogens (tertiary/aromatic N) is 3. The smallest absolute Gasteiger partial charge is 0.258 e. The molecule has 0 spiro atoms. The molecule has 1 aromatic carbocycles. The summed E-state index contributed by atoms with van der Waals surface area (Å²) < 4.78 is 37.1. The summed E-state index contributed by atoms with van der Waals surface area (Å²) >= 11 is 0. The molecular formula is C23H28N4O4S. The van der Waals surface area contributed by atoms with E-state index in [1.54, 1.807) is 13.2 Å². The molecule has 0 saturated heterocycles. The fourth-order valence-corrected chi connectivity index (χ4v) is 4.91. The highest BCUT2D eigenvalue weighted by atomic mass is 32.2. The average Bonchev–Trinajstić information content (AvgIpc) is 3.46. The van der Waals surface area contributed by atoms with Crippen LogP contribution in [0.3, 0.4) is 0 Å². The first kappa shape index (κ1) is 22.3. The number of sulfonamides is 1. The zero-order chi connectivity index (χ0) is 22.9. The van der Waals surface area contributed by atoms with Gasteiger partial charge in [-0.05, 0) is 55.5 Å². The molecule has 0 atom stereocenters. The molecule has 1 N–H and O–H groups in total. The third kappa shape index (κ3) is 4.77. The van der Waals surface area contributed by atoms with E-state index in [1.807, 2.05) is 32.0 Å². The minimum Gasteiger partial charge on any atom is -0.481 e. The fraction of sp³-hybridized carbons (Fsp3) is 0.435. The third-order valence-corrected chi connectivity index (χ3v) is 6.40. The summed E-state index contributed by atoms with van der Waals surface area (Å²) in [6.07, 6.45) is 6.49. The maximum atomic E-state index is 11.7. The van der Waals surface area contributed by atoms with Gasteiger partial charge in [0.25, 0.3) is 5.89 Å². The van der Waals surface area contributed by atoms with Crippen LogP contribution in [0.15, 0.2) is 28.8 Å². The van der Waals surface area contributed by atoms with E-state index in [4.69, 9.17) is 9.26 Å². The second kappa shape index (κ2) is 8.90. The van der Waals surface area contributed by atoms with Crippen LogP contribution in [0.25, 0.3) is 22.8 Å². The summed E-state index contributed by atoms with van der Waals surface area (Å²) in [4.78, 5) is 9.24. The molecule has 2 aromatic heterocycles. The predicted molar refractivity (Wildman–Crippen MR) is 123 cm³/mol. The van der Waals surface area contributed by atoms with E-state index >= 15 is 0 Å². The Morgan fingerprint density at radius 2 is 1.88 bits per heavy atom. The van der Waals surface area contributed by atoms with Crippen molar-refractivity contribution in [3.8, 4) is 28.7 Å². The third-order valence-electron chi connectivity index (χ3n) is 5.82. The summed E-state index contributed by atoms with van der Waals surface area (Å²) in [7, 11) is -1.78. The van der Waals surface area contributed by atoms with Crippen LogP contribution in [-0.4, -0.2) is 36.9 Å². The van der Waals surface area contributed by atoms with Crippen molar-refractivity contribution in [2.45, 2.75) is 51.9 Å². The monoisotopic (exact) mass is 456 g/mol. The summed E-state index contributed by atoms with van der Waals surface area (Å²) in [5.41, 5.74) is 4.81. The molecule has 170 valence electrons. The molecule has 0 aliphatic heterocycles. The van der Waals surface area contributed by atoms with Crippen LogP contribution in [-0.2, 0) is 16.4 Å². The predicted octanol–water partition coefficient (Wildman–Crippen LogP) is 4.71. The molecule has 8 nitrogen and oxygen atoms in total. The van der Waals surface area contributed by atoms with Crippen molar-refractivity contribution in [2.24, 2.45) is 0 Å². The van der Waals surface area contributed by atoms with Crippen molar-refractivity contribution in [1.29, 1.82) is 0 Å².